The van der Waals surface area contributed by atoms with E-state index in [4.69, 9.17) is 0 Å². The molecule has 5 aliphatic rings. The van der Waals surface area contributed by atoms with Crippen molar-refractivity contribution in [1.82, 2.24) is 0 Å². The molecule has 4 fully saturated rings. The van der Waals surface area contributed by atoms with Crippen LogP contribution in [0, 0.1) is 70.5 Å². The van der Waals surface area contributed by atoms with Crippen LogP contribution in [0.4, 0.5) is 5.69 Å². The van der Waals surface area contributed by atoms with E-state index in [1.54, 1.807) is 5.57 Å². The predicted molar refractivity (Wildman–Crippen MR) is 169 cm³/mol. The van der Waals surface area contributed by atoms with Gasteiger partial charge in [-0.05, 0) is 134 Å². The maximum atomic E-state index is 14.5. The summed E-state index contributed by atoms with van der Waals surface area (Å²) < 4.78 is 0. The second-order valence-electron chi connectivity index (χ2n) is 16.7. The van der Waals surface area contributed by atoms with Crippen LogP contribution in [0.25, 0.3) is 0 Å². The zero-order valence-electron chi connectivity index (χ0n) is 27.4. The van der Waals surface area contributed by atoms with Crippen molar-refractivity contribution < 1.29 is 9.59 Å². The van der Waals surface area contributed by atoms with Crippen molar-refractivity contribution in [3.05, 3.63) is 41.0 Å². The molecule has 0 unspecified atom stereocenters. The van der Waals surface area contributed by atoms with Gasteiger partial charge in [0.2, 0.25) is 5.91 Å². The molecular weight excluding hydrogens is 502 g/mol. The second-order valence-corrected chi connectivity index (χ2v) is 16.7. The highest BCUT2D eigenvalue weighted by Crippen LogP contribution is 2.75. The third kappa shape index (κ3) is 3.81. The number of Topliss-reactive ketones (excluding diaryl/α,β-unsaturated/α-hetero) is 1. The number of hydrogen-bond donors (Lipinski definition) is 1. The maximum absolute atomic E-state index is 14.5. The first-order valence-corrected chi connectivity index (χ1v) is 16.7. The average molecular weight is 558 g/mol. The van der Waals surface area contributed by atoms with Gasteiger partial charge in [-0.3, -0.25) is 9.59 Å². The van der Waals surface area contributed by atoms with Crippen LogP contribution in [0.2, 0.25) is 0 Å². The van der Waals surface area contributed by atoms with Crippen LogP contribution in [0.1, 0.15) is 117 Å². The minimum atomic E-state index is -0.334. The number of carbonyl (C=O) groups excluding carboxylic acids is 2. The molecule has 1 aromatic rings. The molecule has 0 aromatic heterocycles. The third-order valence-electron chi connectivity index (χ3n) is 15.0. The highest BCUT2D eigenvalue weighted by atomic mass is 16.2. The summed E-state index contributed by atoms with van der Waals surface area (Å²) in [5.41, 5.74) is 4.96. The number of ketones is 1. The van der Waals surface area contributed by atoms with Gasteiger partial charge in [-0.1, -0.05) is 66.2 Å². The quantitative estimate of drug-likeness (QED) is 0.368. The Kier molecular flexibility index (Phi) is 6.62. The molecule has 6 rings (SSSR count). The van der Waals surface area contributed by atoms with E-state index in [1.165, 1.54) is 17.5 Å². The van der Waals surface area contributed by atoms with Gasteiger partial charge in [-0.2, -0.15) is 0 Å². The minimum absolute atomic E-state index is 0.0930. The summed E-state index contributed by atoms with van der Waals surface area (Å²) in [6, 6.07) is 6.35. The fourth-order valence-corrected chi connectivity index (χ4v) is 11.8. The number of carbonyl (C=O) groups is 2. The zero-order chi connectivity index (χ0) is 29.8. The molecule has 9 atom stereocenters. The molecule has 0 bridgehead atoms. The Morgan fingerprint density at radius 3 is 2.32 bits per heavy atom. The van der Waals surface area contributed by atoms with Gasteiger partial charge in [0.25, 0.3) is 0 Å². The molecular formula is C38H55NO2. The lowest BCUT2D eigenvalue weighted by Crippen LogP contribution is -2.65. The summed E-state index contributed by atoms with van der Waals surface area (Å²) in [6.45, 7) is 21.4. The first kappa shape index (κ1) is 29.2. The SMILES string of the molecule is Cc1ccc(NC(=O)[C@]23CC[C@@H](C)[C@H](C)[C@H]2C2=CC[C@@H]4[C@@]5(C)CCC(=O)C(C)(C)[C@@H]5CC[C@@]4(C)[C@]2(C)CC3)cc1C. The van der Waals surface area contributed by atoms with E-state index >= 15 is 0 Å². The number of rotatable bonds is 2. The van der Waals surface area contributed by atoms with Crippen LogP contribution < -0.4 is 5.32 Å². The summed E-state index contributed by atoms with van der Waals surface area (Å²) >= 11 is 0. The van der Waals surface area contributed by atoms with E-state index in [2.05, 4.69) is 91.9 Å². The average Bonchev–Trinajstić information content (AvgIpc) is 2.91. The van der Waals surface area contributed by atoms with E-state index in [0.29, 0.717) is 35.4 Å². The molecule has 0 heterocycles. The number of fused-ring (bicyclic) bond motifs is 7. The summed E-state index contributed by atoms with van der Waals surface area (Å²) in [5, 5.41) is 3.44. The molecule has 1 N–H and O–H groups in total. The van der Waals surface area contributed by atoms with Gasteiger partial charge >= 0.3 is 0 Å². The fourth-order valence-electron chi connectivity index (χ4n) is 11.8. The van der Waals surface area contributed by atoms with Crippen molar-refractivity contribution >= 4 is 17.4 Å². The number of benzene rings is 1. The number of hydrogen-bond acceptors (Lipinski definition) is 2. The Bertz CT molecular complexity index is 1310. The molecule has 1 amide bonds. The van der Waals surface area contributed by atoms with Gasteiger partial charge < -0.3 is 5.32 Å². The number of allylic oxidation sites excluding steroid dienone is 2. The molecule has 3 nitrogen and oxygen atoms in total. The highest BCUT2D eigenvalue weighted by Gasteiger charge is 2.69. The predicted octanol–water partition coefficient (Wildman–Crippen LogP) is 9.47. The topological polar surface area (TPSA) is 46.2 Å². The Labute approximate surface area is 249 Å². The van der Waals surface area contributed by atoms with Gasteiger partial charge in [0.15, 0.2) is 0 Å². The van der Waals surface area contributed by atoms with E-state index in [0.717, 1.165) is 57.1 Å². The van der Waals surface area contributed by atoms with Crippen LogP contribution >= 0.6 is 0 Å². The number of aryl methyl sites for hydroxylation is 2. The van der Waals surface area contributed by atoms with Gasteiger partial charge in [-0.15, -0.1) is 0 Å². The molecule has 41 heavy (non-hydrogen) atoms. The van der Waals surface area contributed by atoms with Crippen LogP contribution in [-0.4, -0.2) is 11.7 Å². The van der Waals surface area contributed by atoms with Gasteiger partial charge in [0.05, 0.1) is 5.41 Å². The van der Waals surface area contributed by atoms with Gasteiger partial charge in [0, 0.05) is 17.5 Å². The standard InChI is InChI=1S/C38H55NO2/c1-23-10-11-27(22-25(23)3)39-33(41)38-19-14-24(2)26(4)32(38)28-12-13-30-35(7)17-16-31(40)34(5,6)29(35)15-18-37(30,9)36(28,8)20-21-38/h10-12,22,24,26,29-30,32H,13-21H2,1-9H3,(H,39,41)/t24-,26+,29+,30-,32+,35+,36-,37-,38+/m1/s1. The Balaban J connectivity index is 1.41. The molecule has 5 aliphatic carbocycles. The lowest BCUT2D eigenvalue weighted by molar-refractivity contribution is -0.186. The van der Waals surface area contributed by atoms with Gasteiger partial charge in [0.1, 0.15) is 5.78 Å². The number of nitrogens with one attached hydrogen (secondary N) is 1. The summed E-state index contributed by atoms with van der Waals surface area (Å²) in [7, 11) is 0. The summed E-state index contributed by atoms with van der Waals surface area (Å²) in [6.07, 6.45) is 12.1. The molecule has 0 saturated heterocycles. The van der Waals surface area contributed by atoms with Crippen molar-refractivity contribution in [2.75, 3.05) is 5.32 Å². The lowest BCUT2D eigenvalue weighted by Gasteiger charge is -2.71. The van der Waals surface area contributed by atoms with Crippen LogP contribution in [0.5, 0.6) is 0 Å². The van der Waals surface area contributed by atoms with Crippen molar-refractivity contribution in [2.45, 2.75) is 120 Å². The molecule has 0 aliphatic heterocycles. The normalized spacial score (nSPS) is 45.0. The minimum Gasteiger partial charge on any atom is -0.326 e. The lowest BCUT2D eigenvalue weighted by atomic mass is 9.33. The van der Waals surface area contributed by atoms with Crippen molar-refractivity contribution in [1.29, 1.82) is 0 Å². The summed E-state index contributed by atoms with van der Waals surface area (Å²) in [5.74, 6) is 3.18. The Morgan fingerprint density at radius 2 is 1.61 bits per heavy atom. The third-order valence-corrected chi connectivity index (χ3v) is 15.0. The number of anilines is 1. The number of amides is 1. The fraction of sp³-hybridized carbons (Fsp3) is 0.737. The maximum Gasteiger partial charge on any atom is 0.231 e. The largest absolute Gasteiger partial charge is 0.326 e. The monoisotopic (exact) mass is 557 g/mol. The van der Waals surface area contributed by atoms with Gasteiger partial charge in [-0.25, -0.2) is 0 Å². The first-order chi connectivity index (χ1) is 19.1. The Hall–Kier alpha value is -1.90. The van der Waals surface area contributed by atoms with Crippen molar-refractivity contribution in [3.8, 4) is 0 Å². The molecule has 1 aromatic carbocycles. The van der Waals surface area contributed by atoms with E-state index in [-0.39, 0.29) is 33.0 Å². The molecule has 0 radical (unpaired) electrons. The van der Waals surface area contributed by atoms with E-state index in [1.807, 2.05) is 0 Å². The molecule has 3 heteroatoms. The first-order valence-electron chi connectivity index (χ1n) is 16.7. The van der Waals surface area contributed by atoms with E-state index in [9.17, 15) is 9.59 Å². The van der Waals surface area contributed by atoms with E-state index < -0.39 is 0 Å². The Morgan fingerprint density at radius 1 is 0.878 bits per heavy atom. The summed E-state index contributed by atoms with van der Waals surface area (Å²) in [4.78, 5) is 27.6. The highest BCUT2D eigenvalue weighted by molar-refractivity contribution is 5.96. The zero-order valence-corrected chi connectivity index (χ0v) is 27.4. The van der Waals surface area contributed by atoms with Crippen molar-refractivity contribution in [3.63, 3.8) is 0 Å². The smallest absolute Gasteiger partial charge is 0.231 e. The molecule has 4 saturated carbocycles. The molecule has 0 spiro atoms. The second kappa shape index (κ2) is 9.30. The van der Waals surface area contributed by atoms with Crippen LogP contribution in [-0.2, 0) is 9.59 Å². The van der Waals surface area contributed by atoms with Crippen LogP contribution in [0.15, 0.2) is 29.8 Å². The molecule has 224 valence electrons. The van der Waals surface area contributed by atoms with Crippen molar-refractivity contribution in [2.24, 2.45) is 56.7 Å². The van der Waals surface area contributed by atoms with Crippen LogP contribution in [0.3, 0.4) is 0 Å².